The second-order valence-electron chi connectivity index (χ2n) is 2.90. The third-order valence-electron chi connectivity index (χ3n) is 2.09. The van der Waals surface area contributed by atoms with Crippen LogP contribution >= 0.6 is 11.6 Å². The predicted octanol–water partition coefficient (Wildman–Crippen LogP) is 2.65. The van der Waals surface area contributed by atoms with Crippen molar-refractivity contribution in [2.75, 3.05) is 21.3 Å². The summed E-state index contributed by atoms with van der Waals surface area (Å²) in [6, 6.07) is 3.42. The van der Waals surface area contributed by atoms with Crippen LogP contribution in [0.1, 0.15) is 5.56 Å². The molecule has 0 amide bonds. The third-order valence-corrected chi connectivity index (χ3v) is 2.46. The van der Waals surface area contributed by atoms with Crippen LogP contribution in [0.3, 0.4) is 0 Å². The molecule has 0 aliphatic carbocycles. The molecule has 0 atom stereocenters. The highest BCUT2D eigenvalue weighted by Crippen LogP contribution is 2.35. The number of hydrogen-bond acceptors (Lipinski definition) is 4. The van der Waals surface area contributed by atoms with E-state index in [9.17, 15) is 0 Å². The van der Waals surface area contributed by atoms with E-state index in [0.717, 1.165) is 0 Å². The van der Waals surface area contributed by atoms with Crippen molar-refractivity contribution in [2.45, 2.75) is 0 Å². The third kappa shape index (κ3) is 2.33. The molecule has 0 aromatic heterocycles. The highest BCUT2D eigenvalue weighted by molar-refractivity contribution is 6.70. The molecule has 0 N–H and O–H groups in total. The summed E-state index contributed by atoms with van der Waals surface area (Å²) in [5, 5.41) is 0.350. The first kappa shape index (κ1) is 12.5. The van der Waals surface area contributed by atoms with Gasteiger partial charge in [0.05, 0.1) is 19.9 Å². The highest BCUT2D eigenvalue weighted by atomic mass is 35.5. The Morgan fingerprint density at radius 3 is 2.25 bits per heavy atom. The van der Waals surface area contributed by atoms with Crippen molar-refractivity contribution in [1.82, 2.24) is 0 Å². The van der Waals surface area contributed by atoms with Gasteiger partial charge in [-0.2, -0.15) is 0 Å². The van der Waals surface area contributed by atoms with Crippen molar-refractivity contribution in [3.8, 4) is 11.5 Å². The van der Waals surface area contributed by atoms with E-state index in [1.807, 2.05) is 0 Å². The summed E-state index contributed by atoms with van der Waals surface area (Å²) < 4.78 is 10.3. The Labute approximate surface area is 99.6 Å². The average Bonchev–Trinajstić information content (AvgIpc) is 2.35. The highest BCUT2D eigenvalue weighted by Gasteiger charge is 2.12. The van der Waals surface area contributed by atoms with Crippen LogP contribution in [0, 0.1) is 0 Å². The Morgan fingerprint density at radius 1 is 1.25 bits per heavy atom. The largest absolute Gasteiger partial charge is 0.493 e. The molecular formula is C11H13ClN2O2. The van der Waals surface area contributed by atoms with Crippen LogP contribution in [0.2, 0.25) is 0 Å². The standard InChI is InChI=1S/C11H13ClN2O2/c1-13-8-6-10(16-4)9(15-3)5-7(8)11(12)14-2/h5-6H,1H2,2-4H3/b14-11+. The summed E-state index contributed by atoms with van der Waals surface area (Å²) in [7, 11) is 4.71. The minimum Gasteiger partial charge on any atom is -0.493 e. The van der Waals surface area contributed by atoms with Crippen LogP contribution in [-0.2, 0) is 0 Å². The second kappa shape index (κ2) is 5.51. The first-order chi connectivity index (χ1) is 7.67. The molecule has 0 aliphatic rings. The van der Waals surface area contributed by atoms with E-state index in [0.29, 0.717) is 27.9 Å². The lowest BCUT2D eigenvalue weighted by molar-refractivity contribution is 0.355. The first-order valence-electron chi connectivity index (χ1n) is 4.53. The Morgan fingerprint density at radius 2 is 1.81 bits per heavy atom. The molecule has 1 aromatic carbocycles. The predicted molar refractivity (Wildman–Crippen MR) is 67.1 cm³/mol. The molecule has 0 radical (unpaired) electrons. The van der Waals surface area contributed by atoms with Crippen LogP contribution in [0.15, 0.2) is 22.1 Å². The molecule has 4 nitrogen and oxygen atoms in total. The number of hydrogen-bond donors (Lipinski definition) is 0. The maximum atomic E-state index is 5.96. The van der Waals surface area contributed by atoms with E-state index in [1.54, 1.807) is 33.4 Å². The summed E-state index contributed by atoms with van der Waals surface area (Å²) in [5.74, 6) is 1.15. The summed E-state index contributed by atoms with van der Waals surface area (Å²) >= 11 is 5.96. The molecule has 86 valence electrons. The SMILES string of the molecule is C=Nc1cc(OC)c(OC)cc1/C(Cl)=N\C. The molecule has 5 heteroatoms. The number of ether oxygens (including phenoxy) is 2. The molecule has 0 unspecified atom stereocenters. The van der Waals surface area contributed by atoms with Gasteiger partial charge in [0.2, 0.25) is 0 Å². The zero-order valence-corrected chi connectivity index (χ0v) is 10.2. The van der Waals surface area contributed by atoms with Gasteiger partial charge < -0.3 is 9.47 Å². The lowest BCUT2D eigenvalue weighted by Crippen LogP contribution is -1.96. The quantitative estimate of drug-likeness (QED) is 0.760. The maximum Gasteiger partial charge on any atom is 0.162 e. The number of aliphatic imine (C=N–C) groups is 2. The summed E-state index contributed by atoms with van der Waals surface area (Å²) in [6.07, 6.45) is 0. The van der Waals surface area contributed by atoms with Gasteiger partial charge in [0.15, 0.2) is 11.5 Å². The van der Waals surface area contributed by atoms with Crippen LogP contribution in [0.25, 0.3) is 0 Å². The van der Waals surface area contributed by atoms with Crippen molar-refractivity contribution in [2.24, 2.45) is 9.98 Å². The molecule has 1 rings (SSSR count). The van der Waals surface area contributed by atoms with Gasteiger partial charge in [-0.25, -0.2) is 0 Å². The topological polar surface area (TPSA) is 43.2 Å². The fraction of sp³-hybridized carbons (Fsp3) is 0.273. The molecule has 0 bridgehead atoms. The van der Waals surface area contributed by atoms with E-state index in [1.165, 1.54) is 0 Å². The van der Waals surface area contributed by atoms with Crippen LogP contribution < -0.4 is 9.47 Å². The smallest absolute Gasteiger partial charge is 0.162 e. The second-order valence-corrected chi connectivity index (χ2v) is 3.25. The zero-order chi connectivity index (χ0) is 12.1. The molecule has 0 spiro atoms. The number of benzene rings is 1. The summed E-state index contributed by atoms with van der Waals surface area (Å²) in [6.45, 7) is 3.48. The first-order valence-corrected chi connectivity index (χ1v) is 4.91. The van der Waals surface area contributed by atoms with Gasteiger partial charge in [0.25, 0.3) is 0 Å². The molecule has 0 fully saturated rings. The molecule has 0 aliphatic heterocycles. The number of methoxy groups -OCH3 is 2. The van der Waals surface area contributed by atoms with Gasteiger partial charge in [0.1, 0.15) is 5.17 Å². The number of halogens is 1. The van der Waals surface area contributed by atoms with Gasteiger partial charge in [-0.15, -0.1) is 0 Å². The van der Waals surface area contributed by atoms with Crippen molar-refractivity contribution in [1.29, 1.82) is 0 Å². The monoisotopic (exact) mass is 240 g/mol. The zero-order valence-electron chi connectivity index (χ0n) is 9.45. The van der Waals surface area contributed by atoms with Crippen molar-refractivity contribution in [3.05, 3.63) is 17.7 Å². The van der Waals surface area contributed by atoms with Crippen LogP contribution in [0.5, 0.6) is 11.5 Å². The van der Waals surface area contributed by atoms with E-state index < -0.39 is 0 Å². The maximum absolute atomic E-state index is 5.96. The van der Waals surface area contributed by atoms with E-state index >= 15 is 0 Å². The Bertz CT molecular complexity index is 430. The van der Waals surface area contributed by atoms with Crippen LogP contribution in [-0.4, -0.2) is 33.2 Å². The lowest BCUT2D eigenvalue weighted by Gasteiger charge is -2.11. The van der Waals surface area contributed by atoms with Crippen molar-refractivity contribution < 1.29 is 9.47 Å². The van der Waals surface area contributed by atoms with Gasteiger partial charge in [-0.3, -0.25) is 9.98 Å². The molecule has 0 saturated heterocycles. The minimum atomic E-state index is 0.350. The van der Waals surface area contributed by atoms with Gasteiger partial charge in [0, 0.05) is 18.7 Å². The fourth-order valence-corrected chi connectivity index (χ4v) is 1.44. The normalized spacial score (nSPS) is 11.1. The van der Waals surface area contributed by atoms with Gasteiger partial charge >= 0.3 is 0 Å². The summed E-state index contributed by atoms with van der Waals surface area (Å²) in [5.41, 5.74) is 1.27. The lowest BCUT2D eigenvalue weighted by atomic mass is 10.1. The minimum absolute atomic E-state index is 0.350. The van der Waals surface area contributed by atoms with E-state index in [-0.39, 0.29) is 0 Å². The Balaban J connectivity index is 3.43. The van der Waals surface area contributed by atoms with Crippen molar-refractivity contribution >= 4 is 29.2 Å². The molecular weight excluding hydrogens is 228 g/mol. The van der Waals surface area contributed by atoms with E-state index in [2.05, 4.69) is 16.7 Å². The molecule has 1 aromatic rings. The Kier molecular flexibility index (Phi) is 4.31. The summed E-state index contributed by atoms with van der Waals surface area (Å²) in [4.78, 5) is 7.77. The fourth-order valence-electron chi connectivity index (χ4n) is 1.28. The molecule has 0 saturated carbocycles. The van der Waals surface area contributed by atoms with Gasteiger partial charge in [-0.05, 0) is 12.8 Å². The van der Waals surface area contributed by atoms with E-state index in [4.69, 9.17) is 21.1 Å². The molecule has 16 heavy (non-hydrogen) atoms. The Hall–Kier alpha value is -1.55. The number of nitrogens with zero attached hydrogens (tertiary/aromatic N) is 2. The van der Waals surface area contributed by atoms with Crippen LogP contribution in [0.4, 0.5) is 5.69 Å². The average molecular weight is 241 g/mol. The molecule has 0 heterocycles. The number of rotatable bonds is 4. The van der Waals surface area contributed by atoms with Crippen molar-refractivity contribution in [3.63, 3.8) is 0 Å². The van der Waals surface area contributed by atoms with Gasteiger partial charge in [-0.1, -0.05) is 11.6 Å².